The van der Waals surface area contributed by atoms with Crippen molar-refractivity contribution in [1.82, 2.24) is 4.31 Å². The Kier molecular flexibility index (Phi) is 4.56. The minimum atomic E-state index is -3.58. The second-order valence-corrected chi connectivity index (χ2v) is 7.57. The van der Waals surface area contributed by atoms with Crippen molar-refractivity contribution in [2.45, 2.75) is 23.8 Å². The van der Waals surface area contributed by atoms with E-state index >= 15 is 0 Å². The summed E-state index contributed by atoms with van der Waals surface area (Å²) < 4.78 is 32.6. The first-order chi connectivity index (χ1) is 11.6. The molecule has 1 fully saturated rings. The zero-order valence-electron chi connectivity index (χ0n) is 13.3. The number of sulfonamides is 1. The maximum atomic E-state index is 13.0. The lowest BCUT2D eigenvalue weighted by molar-refractivity contribution is 0.394. The van der Waals surface area contributed by atoms with Crippen molar-refractivity contribution in [3.63, 3.8) is 0 Å². The van der Waals surface area contributed by atoms with Crippen LogP contribution in [-0.2, 0) is 10.0 Å². The molecule has 124 valence electrons. The van der Waals surface area contributed by atoms with Gasteiger partial charge in [-0.1, -0.05) is 12.1 Å². The number of nitrogens with zero attached hydrogens (tertiary/aromatic N) is 2. The normalized spacial score (nSPS) is 18.2. The highest BCUT2D eigenvalue weighted by Gasteiger charge is 2.36. The van der Waals surface area contributed by atoms with Crippen LogP contribution in [0.2, 0.25) is 0 Å². The Morgan fingerprint density at radius 1 is 1.12 bits per heavy atom. The van der Waals surface area contributed by atoms with Crippen molar-refractivity contribution in [1.29, 1.82) is 5.26 Å². The van der Waals surface area contributed by atoms with Crippen LogP contribution in [0.5, 0.6) is 5.75 Å². The average molecular weight is 342 g/mol. The van der Waals surface area contributed by atoms with Gasteiger partial charge in [0.2, 0.25) is 10.0 Å². The summed E-state index contributed by atoms with van der Waals surface area (Å²) in [5.74, 6) is 0.748. The van der Waals surface area contributed by atoms with Crippen LogP contribution in [0.15, 0.2) is 53.4 Å². The van der Waals surface area contributed by atoms with E-state index in [1.165, 1.54) is 24.3 Å². The van der Waals surface area contributed by atoms with Gasteiger partial charge in [0.05, 0.1) is 29.7 Å². The standard InChI is InChI=1S/C18H18N2O3S/c1-23-16-8-6-15(7-9-16)18-3-2-12-20(18)24(21,22)17-10-4-14(13-19)5-11-17/h4-11,18H,2-3,12H2,1H3. The number of nitriles is 1. The Bertz CT molecular complexity index is 853. The predicted octanol–water partition coefficient (Wildman–Crippen LogP) is 3.09. The highest BCUT2D eigenvalue weighted by atomic mass is 32.2. The Balaban J connectivity index is 1.91. The molecule has 1 aliphatic rings. The Hall–Kier alpha value is -2.36. The van der Waals surface area contributed by atoms with Gasteiger partial charge in [-0.25, -0.2) is 8.42 Å². The second-order valence-electron chi connectivity index (χ2n) is 5.68. The quantitative estimate of drug-likeness (QED) is 0.856. The number of hydrogen-bond donors (Lipinski definition) is 0. The maximum absolute atomic E-state index is 13.0. The molecule has 1 aliphatic heterocycles. The number of benzene rings is 2. The first-order valence-corrected chi connectivity index (χ1v) is 9.16. The fourth-order valence-electron chi connectivity index (χ4n) is 3.02. The van der Waals surface area contributed by atoms with E-state index < -0.39 is 10.0 Å². The molecular formula is C18H18N2O3S. The van der Waals surface area contributed by atoms with Gasteiger partial charge in [0.1, 0.15) is 5.75 Å². The van der Waals surface area contributed by atoms with Gasteiger partial charge < -0.3 is 4.74 Å². The Morgan fingerprint density at radius 2 is 1.79 bits per heavy atom. The van der Waals surface area contributed by atoms with Crippen molar-refractivity contribution < 1.29 is 13.2 Å². The molecule has 5 nitrogen and oxygen atoms in total. The van der Waals surface area contributed by atoms with Gasteiger partial charge in [-0.15, -0.1) is 0 Å². The number of hydrogen-bond acceptors (Lipinski definition) is 4. The van der Waals surface area contributed by atoms with Crippen LogP contribution in [0.4, 0.5) is 0 Å². The summed E-state index contributed by atoms with van der Waals surface area (Å²) in [5, 5.41) is 8.86. The van der Waals surface area contributed by atoms with Crippen molar-refractivity contribution >= 4 is 10.0 Å². The van der Waals surface area contributed by atoms with Gasteiger partial charge in [-0.2, -0.15) is 9.57 Å². The molecule has 0 radical (unpaired) electrons. The Morgan fingerprint density at radius 3 is 2.38 bits per heavy atom. The lowest BCUT2D eigenvalue weighted by atomic mass is 10.1. The van der Waals surface area contributed by atoms with E-state index in [0.717, 1.165) is 24.2 Å². The van der Waals surface area contributed by atoms with Gasteiger partial charge >= 0.3 is 0 Å². The highest BCUT2D eigenvalue weighted by Crippen LogP contribution is 2.37. The van der Waals surface area contributed by atoms with Gasteiger partial charge in [0, 0.05) is 6.54 Å². The molecule has 0 spiro atoms. The highest BCUT2D eigenvalue weighted by molar-refractivity contribution is 7.89. The van der Waals surface area contributed by atoms with E-state index in [9.17, 15) is 8.42 Å². The van der Waals surface area contributed by atoms with Crippen LogP contribution in [0.25, 0.3) is 0 Å². The fraction of sp³-hybridized carbons (Fsp3) is 0.278. The SMILES string of the molecule is COc1ccc(C2CCCN2S(=O)(=O)c2ccc(C#N)cc2)cc1. The summed E-state index contributed by atoms with van der Waals surface area (Å²) in [5.41, 5.74) is 1.41. The first kappa shape index (κ1) is 16.5. The maximum Gasteiger partial charge on any atom is 0.243 e. The summed E-state index contributed by atoms with van der Waals surface area (Å²) >= 11 is 0. The van der Waals surface area contributed by atoms with Crippen molar-refractivity contribution in [2.24, 2.45) is 0 Å². The van der Waals surface area contributed by atoms with Gasteiger partial charge in [-0.05, 0) is 54.8 Å². The van der Waals surface area contributed by atoms with Crippen LogP contribution in [0.1, 0.15) is 30.0 Å². The minimum absolute atomic E-state index is 0.170. The van der Waals surface area contributed by atoms with E-state index in [2.05, 4.69) is 0 Å². The molecule has 3 rings (SSSR count). The lowest BCUT2D eigenvalue weighted by Gasteiger charge is -2.24. The summed E-state index contributed by atoms with van der Waals surface area (Å²) in [7, 11) is -1.98. The fourth-order valence-corrected chi connectivity index (χ4v) is 4.71. The molecule has 1 unspecified atom stereocenters. The molecule has 6 heteroatoms. The first-order valence-electron chi connectivity index (χ1n) is 7.72. The molecule has 2 aromatic carbocycles. The van der Waals surface area contributed by atoms with Gasteiger partial charge in [0.15, 0.2) is 0 Å². The number of rotatable bonds is 4. The smallest absolute Gasteiger partial charge is 0.243 e. The van der Waals surface area contributed by atoms with E-state index in [-0.39, 0.29) is 10.9 Å². The van der Waals surface area contributed by atoms with Gasteiger partial charge in [0.25, 0.3) is 0 Å². The molecule has 0 bridgehead atoms. The monoisotopic (exact) mass is 342 g/mol. The van der Waals surface area contributed by atoms with Gasteiger partial charge in [-0.3, -0.25) is 0 Å². The average Bonchev–Trinajstić information content (AvgIpc) is 3.12. The summed E-state index contributed by atoms with van der Waals surface area (Å²) in [6.07, 6.45) is 1.62. The predicted molar refractivity (Wildman–Crippen MR) is 90.0 cm³/mol. The van der Waals surface area contributed by atoms with Crippen molar-refractivity contribution in [2.75, 3.05) is 13.7 Å². The van der Waals surface area contributed by atoms with Crippen LogP contribution >= 0.6 is 0 Å². The number of methoxy groups -OCH3 is 1. The molecule has 0 amide bonds. The van der Waals surface area contributed by atoms with Crippen LogP contribution < -0.4 is 4.74 Å². The topological polar surface area (TPSA) is 70.4 Å². The summed E-state index contributed by atoms with van der Waals surface area (Å²) in [6.45, 7) is 0.499. The lowest BCUT2D eigenvalue weighted by Crippen LogP contribution is -2.30. The van der Waals surface area contributed by atoms with Crippen LogP contribution in [0.3, 0.4) is 0 Å². The zero-order valence-corrected chi connectivity index (χ0v) is 14.2. The van der Waals surface area contributed by atoms with Crippen LogP contribution in [0, 0.1) is 11.3 Å². The third-order valence-electron chi connectivity index (χ3n) is 4.29. The summed E-state index contributed by atoms with van der Waals surface area (Å²) in [6, 6.07) is 15.4. The molecule has 0 saturated carbocycles. The van der Waals surface area contributed by atoms with Crippen molar-refractivity contribution in [3.05, 3.63) is 59.7 Å². The molecule has 0 aliphatic carbocycles. The van der Waals surface area contributed by atoms with E-state index in [4.69, 9.17) is 10.00 Å². The molecular weight excluding hydrogens is 324 g/mol. The molecule has 24 heavy (non-hydrogen) atoms. The molecule has 1 saturated heterocycles. The Labute approximate surface area is 142 Å². The van der Waals surface area contributed by atoms with E-state index in [1.807, 2.05) is 30.3 Å². The second kappa shape index (κ2) is 6.63. The third kappa shape index (κ3) is 3.01. The molecule has 1 atom stereocenters. The van der Waals surface area contributed by atoms with E-state index in [0.29, 0.717) is 12.1 Å². The zero-order chi connectivity index (χ0) is 17.2. The molecule has 1 heterocycles. The number of ether oxygens (including phenoxy) is 1. The third-order valence-corrected chi connectivity index (χ3v) is 6.22. The molecule has 0 N–H and O–H groups in total. The summed E-state index contributed by atoms with van der Waals surface area (Å²) in [4.78, 5) is 0.224. The van der Waals surface area contributed by atoms with Crippen molar-refractivity contribution in [3.8, 4) is 11.8 Å². The van der Waals surface area contributed by atoms with Crippen LogP contribution in [-0.4, -0.2) is 26.4 Å². The minimum Gasteiger partial charge on any atom is -0.497 e. The largest absolute Gasteiger partial charge is 0.497 e. The molecule has 0 aromatic heterocycles. The van der Waals surface area contributed by atoms with E-state index in [1.54, 1.807) is 11.4 Å². The molecule has 2 aromatic rings.